The zero-order chi connectivity index (χ0) is 17.5. The summed E-state index contributed by atoms with van der Waals surface area (Å²) in [6, 6.07) is 8.61. The molecule has 3 N–H and O–H groups in total. The Morgan fingerprint density at radius 3 is 2.26 bits per heavy atom. The molecule has 0 heterocycles. The molecule has 0 aromatic heterocycles. The van der Waals surface area contributed by atoms with Crippen LogP contribution in [0.1, 0.15) is 41.0 Å². The third-order valence-electron chi connectivity index (χ3n) is 2.82. The van der Waals surface area contributed by atoms with Crippen molar-refractivity contribution in [2.45, 2.75) is 52.7 Å². The molecule has 1 rings (SSSR count). The van der Waals surface area contributed by atoms with Crippen molar-refractivity contribution >= 4 is 17.7 Å². The fourth-order valence-electron chi connectivity index (χ4n) is 1.90. The Labute approximate surface area is 138 Å². The molecule has 23 heavy (non-hydrogen) atoms. The Morgan fingerprint density at radius 1 is 1.13 bits per heavy atom. The third-order valence-corrected chi connectivity index (χ3v) is 2.82. The zero-order valence-corrected chi connectivity index (χ0v) is 14.5. The summed E-state index contributed by atoms with van der Waals surface area (Å²) < 4.78 is 5.21. The van der Waals surface area contributed by atoms with Crippen LogP contribution in [-0.2, 0) is 9.53 Å². The maximum absolute atomic E-state index is 12.3. The molecule has 0 spiro atoms. The third kappa shape index (κ3) is 8.09. The normalized spacial score (nSPS) is 12.4. The number of para-hydroxylation sites is 1. The second kappa shape index (κ2) is 8.41. The van der Waals surface area contributed by atoms with E-state index < -0.39 is 17.7 Å². The number of hydrogen-bond donors (Lipinski definition) is 3. The average Bonchev–Trinajstić information content (AvgIpc) is 2.42. The molecule has 128 valence electrons. The smallest absolute Gasteiger partial charge is 0.408 e. The van der Waals surface area contributed by atoms with Gasteiger partial charge in [0, 0.05) is 0 Å². The minimum absolute atomic E-state index is 0.248. The number of rotatable bonds is 6. The van der Waals surface area contributed by atoms with Crippen molar-refractivity contribution in [1.29, 1.82) is 0 Å². The lowest BCUT2D eigenvalue weighted by atomic mass is 10.0. The van der Waals surface area contributed by atoms with E-state index in [1.165, 1.54) is 0 Å². The summed E-state index contributed by atoms with van der Waals surface area (Å²) in [5, 5.41) is 2.63. The first-order valence-corrected chi connectivity index (χ1v) is 7.78. The summed E-state index contributed by atoms with van der Waals surface area (Å²) >= 11 is 0. The molecule has 2 amide bonds. The monoisotopic (exact) mass is 321 g/mol. The second-order valence-corrected chi connectivity index (χ2v) is 6.81. The number of ether oxygens (including phenoxy) is 1. The van der Waals surface area contributed by atoms with E-state index in [9.17, 15) is 9.59 Å². The van der Waals surface area contributed by atoms with Crippen molar-refractivity contribution < 1.29 is 14.3 Å². The number of carbonyl (C=O) groups is 2. The molecule has 0 fully saturated rings. The van der Waals surface area contributed by atoms with Gasteiger partial charge in [0.25, 0.3) is 5.91 Å². The molecule has 6 nitrogen and oxygen atoms in total. The lowest BCUT2D eigenvalue weighted by molar-refractivity contribution is -0.123. The molecule has 1 aromatic rings. The van der Waals surface area contributed by atoms with Gasteiger partial charge in [-0.3, -0.25) is 15.6 Å². The number of anilines is 1. The number of amides is 2. The highest BCUT2D eigenvalue weighted by Crippen LogP contribution is 2.10. The lowest BCUT2D eigenvalue weighted by Crippen LogP contribution is -2.50. The summed E-state index contributed by atoms with van der Waals surface area (Å²) in [5.74, 6) is -0.0641. The maximum atomic E-state index is 12.3. The quantitative estimate of drug-likeness (QED) is 0.704. The minimum Gasteiger partial charge on any atom is -0.444 e. The molecule has 0 aliphatic heterocycles. The average molecular weight is 321 g/mol. The van der Waals surface area contributed by atoms with Gasteiger partial charge in [0.2, 0.25) is 0 Å². The van der Waals surface area contributed by atoms with Crippen LogP contribution in [0.25, 0.3) is 0 Å². The summed E-state index contributed by atoms with van der Waals surface area (Å²) in [6.45, 7) is 9.31. The van der Waals surface area contributed by atoms with Crippen molar-refractivity contribution in [2.24, 2.45) is 5.92 Å². The van der Waals surface area contributed by atoms with Gasteiger partial charge in [-0.05, 0) is 45.2 Å². The van der Waals surface area contributed by atoms with Crippen molar-refractivity contribution in [1.82, 2.24) is 10.7 Å². The van der Waals surface area contributed by atoms with Crippen LogP contribution in [0, 0.1) is 5.92 Å². The van der Waals surface area contributed by atoms with Crippen LogP contribution in [0.4, 0.5) is 10.5 Å². The first kappa shape index (κ1) is 18.8. The molecule has 0 saturated carbocycles. The molecular weight excluding hydrogens is 294 g/mol. The number of hydrazine groups is 1. The highest BCUT2D eigenvalue weighted by Gasteiger charge is 2.25. The van der Waals surface area contributed by atoms with Gasteiger partial charge in [-0.2, -0.15) is 0 Å². The van der Waals surface area contributed by atoms with Crippen LogP contribution in [-0.4, -0.2) is 23.6 Å². The number of benzene rings is 1. The van der Waals surface area contributed by atoms with Gasteiger partial charge in [0.1, 0.15) is 11.6 Å². The molecule has 0 bridgehead atoms. The van der Waals surface area contributed by atoms with E-state index in [1.54, 1.807) is 20.8 Å². The van der Waals surface area contributed by atoms with Crippen molar-refractivity contribution in [3.63, 3.8) is 0 Å². The first-order valence-electron chi connectivity index (χ1n) is 7.78. The van der Waals surface area contributed by atoms with Crippen molar-refractivity contribution in [3.8, 4) is 0 Å². The largest absolute Gasteiger partial charge is 0.444 e. The van der Waals surface area contributed by atoms with E-state index in [4.69, 9.17) is 4.74 Å². The van der Waals surface area contributed by atoms with Crippen LogP contribution in [0.15, 0.2) is 30.3 Å². The predicted octanol–water partition coefficient (Wildman–Crippen LogP) is 3.07. The first-order chi connectivity index (χ1) is 10.7. The molecule has 0 aliphatic carbocycles. The molecule has 0 unspecified atom stereocenters. The molecule has 1 atom stereocenters. The topological polar surface area (TPSA) is 79.5 Å². The molecular formula is C17H27N3O3. The van der Waals surface area contributed by atoms with Gasteiger partial charge < -0.3 is 10.1 Å². The van der Waals surface area contributed by atoms with Crippen LogP contribution in [0.2, 0.25) is 0 Å². The number of hydrogen-bond acceptors (Lipinski definition) is 4. The Bertz CT molecular complexity index is 510. The summed E-state index contributed by atoms with van der Waals surface area (Å²) in [7, 11) is 0. The molecule has 0 aliphatic rings. The van der Waals surface area contributed by atoms with Crippen LogP contribution >= 0.6 is 0 Å². The van der Waals surface area contributed by atoms with Crippen LogP contribution in [0.3, 0.4) is 0 Å². The highest BCUT2D eigenvalue weighted by molar-refractivity contribution is 5.86. The van der Waals surface area contributed by atoms with Gasteiger partial charge in [0.15, 0.2) is 0 Å². The van der Waals surface area contributed by atoms with Crippen molar-refractivity contribution in [2.75, 3.05) is 5.43 Å². The summed E-state index contributed by atoms with van der Waals surface area (Å²) in [6.07, 6.45) is -0.0836. The van der Waals surface area contributed by atoms with E-state index in [0.29, 0.717) is 6.42 Å². The lowest BCUT2D eigenvalue weighted by Gasteiger charge is -2.24. The van der Waals surface area contributed by atoms with Crippen molar-refractivity contribution in [3.05, 3.63) is 30.3 Å². The maximum Gasteiger partial charge on any atom is 0.408 e. The Kier molecular flexibility index (Phi) is 6.88. The number of alkyl carbamates (subject to hydrolysis) is 1. The summed E-state index contributed by atoms with van der Waals surface area (Å²) in [4.78, 5) is 24.2. The fourth-order valence-corrected chi connectivity index (χ4v) is 1.90. The van der Waals surface area contributed by atoms with Gasteiger partial charge in [-0.15, -0.1) is 0 Å². The highest BCUT2D eigenvalue weighted by atomic mass is 16.6. The SMILES string of the molecule is CC(C)C[C@H](NC(=O)OC(C)(C)C)C(=O)NNc1ccccc1. The van der Waals surface area contributed by atoms with E-state index in [-0.39, 0.29) is 11.8 Å². The van der Waals surface area contributed by atoms with E-state index in [1.807, 2.05) is 44.2 Å². The number of nitrogens with one attached hydrogen (secondary N) is 3. The summed E-state index contributed by atoms with van der Waals surface area (Å²) in [5.41, 5.74) is 5.60. The molecule has 6 heteroatoms. The van der Waals surface area contributed by atoms with Gasteiger partial charge >= 0.3 is 6.09 Å². The minimum atomic E-state index is -0.666. The van der Waals surface area contributed by atoms with E-state index >= 15 is 0 Å². The standard InChI is InChI=1S/C17H27N3O3/c1-12(2)11-14(18-16(22)23-17(3,4)5)15(21)20-19-13-9-7-6-8-10-13/h6-10,12,14,19H,11H2,1-5H3,(H,18,22)(H,20,21)/t14-/m0/s1. The Hall–Kier alpha value is -2.24. The van der Waals surface area contributed by atoms with Gasteiger partial charge in [0.05, 0.1) is 5.69 Å². The molecule has 1 aromatic carbocycles. The number of carbonyl (C=O) groups excluding carboxylic acids is 2. The molecule has 0 radical (unpaired) electrons. The second-order valence-electron chi connectivity index (χ2n) is 6.81. The molecule has 0 saturated heterocycles. The zero-order valence-electron chi connectivity index (χ0n) is 14.5. The van der Waals surface area contributed by atoms with Gasteiger partial charge in [-0.1, -0.05) is 32.0 Å². The fraction of sp³-hybridized carbons (Fsp3) is 0.529. The predicted molar refractivity (Wildman–Crippen MR) is 90.8 cm³/mol. The van der Waals surface area contributed by atoms with Gasteiger partial charge in [-0.25, -0.2) is 4.79 Å². The Morgan fingerprint density at radius 2 is 1.74 bits per heavy atom. The van der Waals surface area contributed by atoms with E-state index in [0.717, 1.165) is 5.69 Å². The van der Waals surface area contributed by atoms with Crippen LogP contribution in [0.5, 0.6) is 0 Å². The van der Waals surface area contributed by atoms with Crippen LogP contribution < -0.4 is 16.2 Å². The van der Waals surface area contributed by atoms with E-state index in [2.05, 4.69) is 16.2 Å². The Balaban J connectivity index is 2.61.